The van der Waals surface area contributed by atoms with Gasteiger partial charge in [0.2, 0.25) is 0 Å². The van der Waals surface area contributed by atoms with E-state index >= 15 is 0 Å². The monoisotopic (exact) mass is 190 g/mol. The standard InChI is InChI=1S/C11H14N2O/c12-10-5-4-8-6-7-2-1-3-9(14)11(7)13(8)10/h1-3,8,10,14H,4-6,12H2. The Balaban J connectivity index is 2.13. The molecule has 2 atom stereocenters. The molecule has 3 rings (SSSR count). The molecular weight excluding hydrogens is 176 g/mol. The first kappa shape index (κ1) is 8.12. The summed E-state index contributed by atoms with van der Waals surface area (Å²) in [5.74, 6) is 0.377. The van der Waals surface area contributed by atoms with Gasteiger partial charge in [-0.3, -0.25) is 0 Å². The van der Waals surface area contributed by atoms with E-state index in [9.17, 15) is 5.11 Å². The van der Waals surface area contributed by atoms with E-state index in [4.69, 9.17) is 5.73 Å². The minimum atomic E-state index is 0.0922. The van der Waals surface area contributed by atoms with Gasteiger partial charge in [-0.25, -0.2) is 0 Å². The molecule has 0 aliphatic carbocycles. The van der Waals surface area contributed by atoms with Gasteiger partial charge in [-0.05, 0) is 30.9 Å². The lowest BCUT2D eigenvalue weighted by Crippen LogP contribution is -2.39. The van der Waals surface area contributed by atoms with Gasteiger partial charge in [0.25, 0.3) is 0 Å². The highest BCUT2D eigenvalue weighted by Crippen LogP contribution is 2.44. The van der Waals surface area contributed by atoms with Gasteiger partial charge in [0.05, 0.1) is 11.9 Å². The number of nitrogens with two attached hydrogens (primary N) is 1. The topological polar surface area (TPSA) is 49.5 Å². The van der Waals surface area contributed by atoms with Crippen LogP contribution in [0.1, 0.15) is 18.4 Å². The molecule has 74 valence electrons. The summed E-state index contributed by atoms with van der Waals surface area (Å²) in [4.78, 5) is 2.19. The van der Waals surface area contributed by atoms with Gasteiger partial charge < -0.3 is 15.7 Å². The van der Waals surface area contributed by atoms with Gasteiger partial charge in [-0.1, -0.05) is 12.1 Å². The zero-order valence-corrected chi connectivity index (χ0v) is 7.98. The summed E-state index contributed by atoms with van der Waals surface area (Å²) in [5, 5.41) is 9.80. The molecule has 2 aliphatic rings. The lowest BCUT2D eigenvalue weighted by Gasteiger charge is -2.24. The molecule has 0 bridgehead atoms. The molecule has 0 amide bonds. The van der Waals surface area contributed by atoms with Crippen molar-refractivity contribution in [2.75, 3.05) is 4.90 Å². The van der Waals surface area contributed by atoms with E-state index < -0.39 is 0 Å². The molecule has 14 heavy (non-hydrogen) atoms. The summed E-state index contributed by atoms with van der Waals surface area (Å²) in [6.45, 7) is 0. The number of hydrogen-bond acceptors (Lipinski definition) is 3. The van der Waals surface area contributed by atoms with Crippen molar-refractivity contribution in [3.8, 4) is 5.75 Å². The largest absolute Gasteiger partial charge is 0.506 e. The molecule has 2 unspecified atom stereocenters. The Labute approximate surface area is 83.1 Å². The Morgan fingerprint density at radius 3 is 3.07 bits per heavy atom. The lowest BCUT2D eigenvalue weighted by molar-refractivity contribution is 0.473. The van der Waals surface area contributed by atoms with Gasteiger partial charge in [-0.15, -0.1) is 0 Å². The van der Waals surface area contributed by atoms with Crippen molar-refractivity contribution < 1.29 is 5.11 Å². The number of nitrogens with zero attached hydrogens (tertiary/aromatic N) is 1. The van der Waals surface area contributed by atoms with Crippen LogP contribution in [0.2, 0.25) is 0 Å². The Hall–Kier alpha value is -1.22. The van der Waals surface area contributed by atoms with E-state index in [0.717, 1.165) is 24.9 Å². The summed E-state index contributed by atoms with van der Waals surface area (Å²) in [6, 6.07) is 6.25. The minimum absolute atomic E-state index is 0.0922. The molecule has 2 heterocycles. The first-order valence-electron chi connectivity index (χ1n) is 5.12. The van der Waals surface area contributed by atoms with Gasteiger partial charge in [0.1, 0.15) is 5.75 Å². The van der Waals surface area contributed by atoms with E-state index in [1.165, 1.54) is 5.56 Å². The van der Waals surface area contributed by atoms with Gasteiger partial charge in [-0.2, -0.15) is 0 Å². The molecular formula is C11H14N2O. The second-order valence-electron chi connectivity index (χ2n) is 4.19. The normalized spacial score (nSPS) is 29.1. The number of aromatic hydroxyl groups is 1. The van der Waals surface area contributed by atoms with E-state index in [-0.39, 0.29) is 6.17 Å². The van der Waals surface area contributed by atoms with Crippen LogP contribution in [-0.4, -0.2) is 17.3 Å². The molecule has 1 aromatic rings. The number of hydrogen-bond donors (Lipinski definition) is 2. The maximum Gasteiger partial charge on any atom is 0.139 e. The zero-order valence-electron chi connectivity index (χ0n) is 7.98. The van der Waals surface area contributed by atoms with Crippen LogP contribution >= 0.6 is 0 Å². The van der Waals surface area contributed by atoms with Crippen molar-refractivity contribution in [3.63, 3.8) is 0 Å². The highest BCUT2D eigenvalue weighted by molar-refractivity contribution is 5.68. The number of phenolic OH excluding ortho intramolecular Hbond substituents is 1. The Bertz CT molecular complexity index is 378. The number of fused-ring (bicyclic) bond motifs is 3. The molecule has 3 heteroatoms. The van der Waals surface area contributed by atoms with Crippen molar-refractivity contribution in [2.45, 2.75) is 31.5 Å². The summed E-state index contributed by atoms with van der Waals surface area (Å²) in [7, 11) is 0. The second-order valence-corrected chi connectivity index (χ2v) is 4.19. The predicted octanol–water partition coefficient (Wildman–Crippen LogP) is 1.20. The number of anilines is 1. The van der Waals surface area contributed by atoms with E-state index in [0.29, 0.717) is 11.8 Å². The maximum absolute atomic E-state index is 9.80. The Morgan fingerprint density at radius 2 is 2.21 bits per heavy atom. The van der Waals surface area contributed by atoms with Gasteiger partial charge in [0, 0.05) is 6.04 Å². The molecule has 3 nitrogen and oxygen atoms in total. The fraction of sp³-hybridized carbons (Fsp3) is 0.455. The third kappa shape index (κ3) is 0.904. The van der Waals surface area contributed by atoms with Crippen LogP contribution in [0.4, 0.5) is 5.69 Å². The quantitative estimate of drug-likeness (QED) is 0.646. The molecule has 3 N–H and O–H groups in total. The highest BCUT2D eigenvalue weighted by Gasteiger charge is 2.39. The van der Waals surface area contributed by atoms with Crippen LogP contribution in [0.15, 0.2) is 18.2 Å². The van der Waals surface area contributed by atoms with Crippen LogP contribution < -0.4 is 10.6 Å². The van der Waals surface area contributed by atoms with Crippen molar-refractivity contribution in [2.24, 2.45) is 5.73 Å². The Morgan fingerprint density at radius 1 is 1.36 bits per heavy atom. The predicted molar refractivity (Wildman–Crippen MR) is 55.3 cm³/mol. The van der Waals surface area contributed by atoms with Crippen LogP contribution in [0, 0.1) is 0 Å². The van der Waals surface area contributed by atoms with Crippen LogP contribution in [0.25, 0.3) is 0 Å². The summed E-state index contributed by atoms with van der Waals surface area (Å²) in [5.41, 5.74) is 8.23. The first-order valence-corrected chi connectivity index (χ1v) is 5.12. The van der Waals surface area contributed by atoms with Crippen molar-refractivity contribution >= 4 is 5.69 Å². The number of phenols is 1. The van der Waals surface area contributed by atoms with Gasteiger partial charge in [0.15, 0.2) is 0 Å². The summed E-state index contributed by atoms with van der Waals surface area (Å²) >= 11 is 0. The molecule has 1 aromatic carbocycles. The fourth-order valence-corrected chi connectivity index (χ4v) is 2.76. The number of benzene rings is 1. The van der Waals surface area contributed by atoms with E-state index in [1.807, 2.05) is 6.07 Å². The molecule has 0 radical (unpaired) electrons. The minimum Gasteiger partial charge on any atom is -0.506 e. The van der Waals surface area contributed by atoms with Gasteiger partial charge >= 0.3 is 0 Å². The van der Waals surface area contributed by atoms with E-state index in [1.54, 1.807) is 6.07 Å². The smallest absolute Gasteiger partial charge is 0.139 e. The third-order valence-corrected chi connectivity index (χ3v) is 3.36. The highest BCUT2D eigenvalue weighted by atomic mass is 16.3. The second kappa shape index (κ2) is 2.64. The van der Waals surface area contributed by atoms with Crippen LogP contribution in [-0.2, 0) is 6.42 Å². The van der Waals surface area contributed by atoms with Crippen LogP contribution in [0.3, 0.4) is 0 Å². The average Bonchev–Trinajstić information content (AvgIpc) is 2.67. The maximum atomic E-state index is 9.80. The Kier molecular flexibility index (Phi) is 1.53. The first-order chi connectivity index (χ1) is 6.77. The molecule has 2 aliphatic heterocycles. The SMILES string of the molecule is NC1CCC2Cc3cccc(O)c3N12. The van der Waals surface area contributed by atoms with Crippen molar-refractivity contribution in [1.29, 1.82) is 0 Å². The number of para-hydroxylation sites is 1. The van der Waals surface area contributed by atoms with E-state index in [2.05, 4.69) is 11.0 Å². The number of rotatable bonds is 0. The molecule has 1 saturated heterocycles. The molecule has 1 fully saturated rings. The van der Waals surface area contributed by atoms with Crippen molar-refractivity contribution in [3.05, 3.63) is 23.8 Å². The molecule has 0 spiro atoms. The summed E-state index contributed by atoms with van der Waals surface area (Å²) in [6.07, 6.45) is 3.32. The summed E-state index contributed by atoms with van der Waals surface area (Å²) < 4.78 is 0. The lowest BCUT2D eigenvalue weighted by atomic mass is 10.1. The molecule has 0 saturated carbocycles. The fourth-order valence-electron chi connectivity index (χ4n) is 2.76. The third-order valence-electron chi connectivity index (χ3n) is 3.36. The zero-order chi connectivity index (χ0) is 9.71. The average molecular weight is 190 g/mol. The van der Waals surface area contributed by atoms with Crippen LogP contribution in [0.5, 0.6) is 5.75 Å². The molecule has 0 aromatic heterocycles. The van der Waals surface area contributed by atoms with Crippen molar-refractivity contribution in [1.82, 2.24) is 0 Å².